The monoisotopic (exact) mass is 526 g/mol. The van der Waals surface area contributed by atoms with Crippen LogP contribution in [0.2, 0.25) is 0 Å². The third-order valence-electron chi connectivity index (χ3n) is 4.81. The zero-order chi connectivity index (χ0) is 25.3. The first-order valence-electron chi connectivity index (χ1n) is 10.8. The second kappa shape index (κ2) is 12.2. The van der Waals surface area contributed by atoms with Gasteiger partial charge in [0, 0.05) is 47.9 Å². The van der Waals surface area contributed by atoms with E-state index in [9.17, 15) is 19.8 Å². The molecule has 2 heterocycles. The molecular formula is C24H22N4O6S2. The first-order valence-corrected chi connectivity index (χ1v) is 13.3. The zero-order valence-electron chi connectivity index (χ0n) is 18.8. The van der Waals surface area contributed by atoms with Crippen molar-refractivity contribution in [3.05, 3.63) is 72.1 Å². The number of hydrogen-bond acceptors (Lipinski definition) is 10. The van der Waals surface area contributed by atoms with Gasteiger partial charge >= 0.3 is 0 Å². The van der Waals surface area contributed by atoms with Crippen LogP contribution in [-0.4, -0.2) is 56.9 Å². The molecule has 0 fully saturated rings. The lowest BCUT2D eigenvalue weighted by atomic mass is 10.1. The fraction of sp³-hybridized carbons (Fsp3) is 0.167. The van der Waals surface area contributed by atoms with Crippen molar-refractivity contribution in [3.8, 4) is 34.1 Å². The summed E-state index contributed by atoms with van der Waals surface area (Å²) in [6, 6.07) is 15.9. The van der Waals surface area contributed by atoms with Gasteiger partial charge in [0.2, 0.25) is 0 Å². The number of nitrogens with one attached hydrogen (secondary N) is 2. The highest BCUT2D eigenvalue weighted by atomic mass is 33.1. The summed E-state index contributed by atoms with van der Waals surface area (Å²) in [7, 11) is 3.14. The van der Waals surface area contributed by atoms with Crippen molar-refractivity contribution in [2.24, 2.45) is 0 Å². The molecule has 0 atom stereocenters. The van der Waals surface area contributed by atoms with Gasteiger partial charge < -0.3 is 29.9 Å². The highest BCUT2D eigenvalue weighted by Gasteiger charge is 2.14. The van der Waals surface area contributed by atoms with E-state index in [0.29, 0.717) is 47.2 Å². The second-order valence-corrected chi connectivity index (χ2v) is 10.1. The minimum absolute atomic E-state index is 0.143. The Hall–Kier alpha value is -3.90. The van der Waals surface area contributed by atoms with Crippen molar-refractivity contribution in [1.82, 2.24) is 20.9 Å². The van der Waals surface area contributed by atoms with Gasteiger partial charge in [-0.25, -0.2) is 0 Å². The molecule has 0 spiro atoms. The molecule has 0 radical (unpaired) electrons. The molecule has 0 aliphatic carbocycles. The Kier molecular flexibility index (Phi) is 8.53. The predicted octanol–water partition coefficient (Wildman–Crippen LogP) is 3.95. The van der Waals surface area contributed by atoms with Crippen LogP contribution in [-0.2, 0) is 0 Å². The molecule has 0 unspecified atom stereocenters. The second-order valence-electron chi connectivity index (χ2n) is 7.40. The summed E-state index contributed by atoms with van der Waals surface area (Å²) >= 11 is 0. The molecule has 2 amide bonds. The van der Waals surface area contributed by atoms with E-state index < -0.39 is 0 Å². The van der Waals surface area contributed by atoms with Gasteiger partial charge in [0.05, 0.1) is 0 Å². The normalized spacial score (nSPS) is 10.8. The Balaban J connectivity index is 1.09. The SMILES string of the molecule is O=C(NCCSSCCNC(=O)c1cc(-c2ccc(O)cc2)on1)c1cc(-c2ccc(O)cc2)on1. The van der Waals surface area contributed by atoms with Crippen molar-refractivity contribution < 1.29 is 28.8 Å². The molecule has 2 aromatic carbocycles. The molecule has 2 aromatic heterocycles. The average Bonchev–Trinajstić information content (AvgIpc) is 3.57. The number of aromatic nitrogens is 2. The summed E-state index contributed by atoms with van der Waals surface area (Å²) in [5.74, 6) is 1.85. The maximum atomic E-state index is 12.2. The van der Waals surface area contributed by atoms with Gasteiger partial charge in [0.15, 0.2) is 22.9 Å². The summed E-state index contributed by atoms with van der Waals surface area (Å²) in [5.41, 5.74) is 1.78. The van der Waals surface area contributed by atoms with Crippen LogP contribution in [0.4, 0.5) is 0 Å². The van der Waals surface area contributed by atoms with Crippen LogP contribution in [0.25, 0.3) is 22.6 Å². The van der Waals surface area contributed by atoms with E-state index in [4.69, 9.17) is 9.05 Å². The lowest BCUT2D eigenvalue weighted by molar-refractivity contribution is 0.0939. The van der Waals surface area contributed by atoms with Gasteiger partial charge in [-0.2, -0.15) is 0 Å². The van der Waals surface area contributed by atoms with Crippen LogP contribution in [0.15, 0.2) is 69.7 Å². The van der Waals surface area contributed by atoms with E-state index in [1.165, 1.54) is 24.3 Å². The smallest absolute Gasteiger partial charge is 0.273 e. The highest BCUT2D eigenvalue weighted by Crippen LogP contribution is 2.24. The number of carbonyl (C=O) groups excluding carboxylic acids is 2. The van der Waals surface area contributed by atoms with E-state index in [2.05, 4.69) is 20.9 Å². The summed E-state index contributed by atoms with van der Waals surface area (Å²) in [6.07, 6.45) is 0. The third kappa shape index (κ3) is 6.83. The molecule has 186 valence electrons. The third-order valence-corrected chi connectivity index (χ3v) is 7.22. The number of rotatable bonds is 11. The number of phenols is 2. The van der Waals surface area contributed by atoms with Crippen molar-refractivity contribution in [3.63, 3.8) is 0 Å². The van der Waals surface area contributed by atoms with Crippen molar-refractivity contribution in [2.75, 3.05) is 24.6 Å². The van der Waals surface area contributed by atoms with E-state index in [-0.39, 0.29) is 34.7 Å². The molecule has 0 saturated heterocycles. The van der Waals surface area contributed by atoms with Crippen molar-refractivity contribution in [2.45, 2.75) is 0 Å². The molecule has 12 heteroatoms. The lowest BCUT2D eigenvalue weighted by Crippen LogP contribution is -2.26. The average molecular weight is 527 g/mol. The molecule has 4 N–H and O–H groups in total. The summed E-state index contributed by atoms with van der Waals surface area (Å²) in [4.78, 5) is 24.5. The highest BCUT2D eigenvalue weighted by molar-refractivity contribution is 8.76. The van der Waals surface area contributed by atoms with Gasteiger partial charge in [0.1, 0.15) is 11.5 Å². The minimum Gasteiger partial charge on any atom is -0.508 e. The van der Waals surface area contributed by atoms with Gasteiger partial charge in [-0.05, 0) is 48.5 Å². The zero-order valence-corrected chi connectivity index (χ0v) is 20.5. The van der Waals surface area contributed by atoms with Crippen LogP contribution in [0, 0.1) is 0 Å². The summed E-state index contributed by atoms with van der Waals surface area (Å²) in [6.45, 7) is 0.895. The molecule has 0 bridgehead atoms. The van der Waals surface area contributed by atoms with Crippen LogP contribution in [0.3, 0.4) is 0 Å². The topological polar surface area (TPSA) is 151 Å². The Labute approximate surface area is 213 Å². The molecule has 4 aromatic rings. The van der Waals surface area contributed by atoms with Crippen LogP contribution >= 0.6 is 21.6 Å². The van der Waals surface area contributed by atoms with Crippen molar-refractivity contribution >= 4 is 33.4 Å². The molecule has 4 rings (SSSR count). The van der Waals surface area contributed by atoms with Gasteiger partial charge in [-0.1, -0.05) is 31.9 Å². The number of benzene rings is 2. The lowest BCUT2D eigenvalue weighted by Gasteiger charge is -2.04. The Morgan fingerprint density at radius 1 is 0.694 bits per heavy atom. The Morgan fingerprint density at radius 3 is 1.47 bits per heavy atom. The predicted molar refractivity (Wildman–Crippen MR) is 137 cm³/mol. The maximum absolute atomic E-state index is 12.2. The summed E-state index contributed by atoms with van der Waals surface area (Å²) < 4.78 is 10.4. The molecule has 36 heavy (non-hydrogen) atoms. The Morgan fingerprint density at radius 2 is 1.08 bits per heavy atom. The molecule has 10 nitrogen and oxygen atoms in total. The maximum Gasteiger partial charge on any atom is 0.273 e. The number of phenolic OH excluding ortho intramolecular Hbond substituents is 2. The summed E-state index contributed by atoms with van der Waals surface area (Å²) in [5, 5.41) is 31.9. The number of amides is 2. The van der Waals surface area contributed by atoms with Crippen LogP contribution in [0.5, 0.6) is 11.5 Å². The van der Waals surface area contributed by atoms with E-state index >= 15 is 0 Å². The van der Waals surface area contributed by atoms with E-state index in [0.717, 1.165) is 0 Å². The number of nitrogens with zero attached hydrogens (tertiary/aromatic N) is 2. The van der Waals surface area contributed by atoms with Crippen LogP contribution < -0.4 is 10.6 Å². The fourth-order valence-corrected chi connectivity index (χ4v) is 4.81. The van der Waals surface area contributed by atoms with Crippen molar-refractivity contribution in [1.29, 1.82) is 0 Å². The minimum atomic E-state index is -0.332. The quantitative estimate of drug-likeness (QED) is 0.167. The number of aromatic hydroxyl groups is 2. The molecule has 0 aliphatic heterocycles. The first-order chi connectivity index (χ1) is 17.5. The number of hydrogen-bond donors (Lipinski definition) is 4. The van der Waals surface area contributed by atoms with Crippen LogP contribution in [0.1, 0.15) is 21.0 Å². The Bertz CT molecular complexity index is 1200. The van der Waals surface area contributed by atoms with E-state index in [1.54, 1.807) is 58.0 Å². The molecule has 0 saturated carbocycles. The van der Waals surface area contributed by atoms with E-state index in [1.807, 2.05) is 0 Å². The van der Waals surface area contributed by atoms with Gasteiger partial charge in [0.25, 0.3) is 11.8 Å². The largest absolute Gasteiger partial charge is 0.508 e. The fourth-order valence-electron chi connectivity index (χ4n) is 3.00. The first kappa shape index (κ1) is 25.2. The molecule has 0 aliphatic rings. The van der Waals surface area contributed by atoms with Gasteiger partial charge in [-0.3, -0.25) is 9.59 Å². The molecular weight excluding hydrogens is 504 g/mol. The van der Waals surface area contributed by atoms with Gasteiger partial charge in [-0.15, -0.1) is 0 Å². The number of carbonyl (C=O) groups is 2. The standard InChI is InChI=1S/C24H22N4O6S2/c29-17-5-1-15(2-6-17)21-13-19(27-33-21)23(31)25-9-11-35-36-12-10-26-24(32)20-14-22(34-28-20)16-3-7-18(30)8-4-16/h1-8,13-14,29-30H,9-12H2,(H,25,31)(H,26,32).